The van der Waals surface area contributed by atoms with E-state index in [4.69, 9.17) is 5.11 Å². The highest BCUT2D eigenvalue weighted by Crippen LogP contribution is 2.22. The maximum atomic E-state index is 11.5. The van der Waals surface area contributed by atoms with Gasteiger partial charge in [-0.05, 0) is 18.2 Å². The predicted molar refractivity (Wildman–Crippen MR) is 70.8 cm³/mol. The molecule has 0 bridgehead atoms. The molecule has 0 fully saturated rings. The normalized spacial score (nSPS) is 10.7. The van der Waals surface area contributed by atoms with E-state index in [1.807, 2.05) is 0 Å². The number of methoxy groups -OCH3 is 2. The number of hydrogen-bond acceptors (Lipinski definition) is 7. The summed E-state index contributed by atoms with van der Waals surface area (Å²) in [6.45, 7) is 0. The van der Waals surface area contributed by atoms with Crippen LogP contribution < -0.4 is 5.32 Å². The second kappa shape index (κ2) is 6.94. The maximum Gasteiger partial charge on any atom is 0.354 e. The standard InChI is InChI=1S/C13H13NO7/c1-20-11(16)6-9(13(19)21-2)14-7-3-4-10(15)8(5-7)12(17)18/h3-6,14-15H,1-2H3,(H,17,18)/b9-6+. The molecule has 1 aromatic carbocycles. The Hall–Kier alpha value is -3.03. The fourth-order valence-electron chi connectivity index (χ4n) is 1.37. The summed E-state index contributed by atoms with van der Waals surface area (Å²) in [4.78, 5) is 33.6. The number of aromatic carboxylic acids is 1. The third-order valence-electron chi connectivity index (χ3n) is 2.37. The second-order valence-corrected chi connectivity index (χ2v) is 3.73. The molecule has 0 heterocycles. The van der Waals surface area contributed by atoms with Crippen molar-refractivity contribution in [3.8, 4) is 5.75 Å². The van der Waals surface area contributed by atoms with E-state index in [9.17, 15) is 19.5 Å². The number of carbonyl (C=O) groups excluding carboxylic acids is 2. The quantitative estimate of drug-likeness (QED) is 0.413. The van der Waals surface area contributed by atoms with Crippen molar-refractivity contribution < 1.29 is 34.1 Å². The molecular formula is C13H13NO7. The van der Waals surface area contributed by atoms with Gasteiger partial charge in [-0.2, -0.15) is 0 Å². The monoisotopic (exact) mass is 295 g/mol. The van der Waals surface area contributed by atoms with E-state index in [-0.39, 0.29) is 16.9 Å². The van der Waals surface area contributed by atoms with Crippen molar-refractivity contribution in [2.24, 2.45) is 0 Å². The van der Waals surface area contributed by atoms with Crippen LogP contribution in [-0.4, -0.2) is 42.3 Å². The molecule has 0 atom stereocenters. The molecule has 3 N–H and O–H groups in total. The number of rotatable bonds is 5. The number of ether oxygens (including phenoxy) is 2. The zero-order valence-electron chi connectivity index (χ0n) is 11.2. The van der Waals surface area contributed by atoms with Gasteiger partial charge in [-0.1, -0.05) is 0 Å². The van der Waals surface area contributed by atoms with Crippen LogP contribution in [0.1, 0.15) is 10.4 Å². The Labute approximate surface area is 119 Å². The minimum absolute atomic E-state index is 0.172. The third kappa shape index (κ3) is 4.23. The van der Waals surface area contributed by atoms with Crippen LogP contribution in [0.3, 0.4) is 0 Å². The largest absolute Gasteiger partial charge is 0.507 e. The van der Waals surface area contributed by atoms with E-state index >= 15 is 0 Å². The van der Waals surface area contributed by atoms with Gasteiger partial charge in [0.1, 0.15) is 17.0 Å². The summed E-state index contributed by atoms with van der Waals surface area (Å²) in [6.07, 6.45) is 0.860. The molecule has 0 saturated carbocycles. The summed E-state index contributed by atoms with van der Waals surface area (Å²) < 4.78 is 8.89. The van der Waals surface area contributed by atoms with Crippen LogP contribution in [0.5, 0.6) is 5.75 Å². The maximum absolute atomic E-state index is 11.5. The zero-order chi connectivity index (χ0) is 16.0. The minimum Gasteiger partial charge on any atom is -0.507 e. The number of esters is 2. The van der Waals surface area contributed by atoms with Gasteiger partial charge in [0.25, 0.3) is 0 Å². The summed E-state index contributed by atoms with van der Waals surface area (Å²) in [7, 11) is 2.26. The molecule has 112 valence electrons. The van der Waals surface area contributed by atoms with E-state index in [2.05, 4.69) is 14.8 Å². The fourth-order valence-corrected chi connectivity index (χ4v) is 1.37. The van der Waals surface area contributed by atoms with Gasteiger partial charge in [-0.25, -0.2) is 14.4 Å². The van der Waals surface area contributed by atoms with Crippen molar-refractivity contribution in [1.29, 1.82) is 0 Å². The van der Waals surface area contributed by atoms with Gasteiger partial charge < -0.3 is 25.0 Å². The van der Waals surface area contributed by atoms with Crippen LogP contribution in [0.25, 0.3) is 0 Å². The number of aromatic hydroxyl groups is 1. The molecule has 0 spiro atoms. The SMILES string of the molecule is COC(=O)/C=C(/Nc1ccc(O)c(C(=O)O)c1)C(=O)OC. The van der Waals surface area contributed by atoms with Crippen LogP contribution >= 0.6 is 0 Å². The van der Waals surface area contributed by atoms with E-state index < -0.39 is 23.7 Å². The van der Waals surface area contributed by atoms with Crippen molar-refractivity contribution in [2.45, 2.75) is 0 Å². The molecule has 0 aromatic heterocycles. The molecule has 1 rings (SSSR count). The molecule has 8 nitrogen and oxygen atoms in total. The van der Waals surface area contributed by atoms with Crippen LogP contribution in [0, 0.1) is 0 Å². The molecule has 0 radical (unpaired) electrons. The number of anilines is 1. The van der Waals surface area contributed by atoms with Gasteiger partial charge in [0.05, 0.1) is 20.3 Å². The summed E-state index contributed by atoms with van der Waals surface area (Å²) in [5.41, 5.74) is -0.431. The number of hydrogen-bond donors (Lipinski definition) is 3. The molecule has 0 aliphatic carbocycles. The van der Waals surface area contributed by atoms with Gasteiger partial charge in [-0.15, -0.1) is 0 Å². The lowest BCUT2D eigenvalue weighted by Crippen LogP contribution is -2.15. The molecule has 0 saturated heterocycles. The third-order valence-corrected chi connectivity index (χ3v) is 2.37. The molecule has 0 unspecified atom stereocenters. The topological polar surface area (TPSA) is 122 Å². The zero-order valence-corrected chi connectivity index (χ0v) is 11.2. The first-order valence-corrected chi connectivity index (χ1v) is 5.60. The first-order valence-electron chi connectivity index (χ1n) is 5.60. The number of carbonyl (C=O) groups is 3. The summed E-state index contributed by atoms with van der Waals surface area (Å²) in [5, 5.41) is 20.8. The second-order valence-electron chi connectivity index (χ2n) is 3.73. The summed E-state index contributed by atoms with van der Waals surface area (Å²) in [6, 6.07) is 3.57. The molecule has 0 aliphatic rings. The smallest absolute Gasteiger partial charge is 0.354 e. The van der Waals surface area contributed by atoms with Gasteiger partial charge in [0.15, 0.2) is 0 Å². The van der Waals surface area contributed by atoms with Gasteiger partial charge in [0, 0.05) is 5.69 Å². The Kier molecular flexibility index (Phi) is 5.30. The van der Waals surface area contributed by atoms with Crippen molar-refractivity contribution >= 4 is 23.6 Å². The van der Waals surface area contributed by atoms with E-state index in [0.717, 1.165) is 32.4 Å². The Balaban J connectivity index is 3.12. The van der Waals surface area contributed by atoms with Gasteiger partial charge in [-0.3, -0.25) is 0 Å². The Morgan fingerprint density at radius 3 is 2.38 bits per heavy atom. The van der Waals surface area contributed by atoms with Crippen LogP contribution in [0.4, 0.5) is 5.69 Å². The molecule has 0 amide bonds. The highest BCUT2D eigenvalue weighted by atomic mass is 16.5. The average molecular weight is 295 g/mol. The molecule has 21 heavy (non-hydrogen) atoms. The lowest BCUT2D eigenvalue weighted by molar-refractivity contribution is -0.138. The first-order chi connectivity index (χ1) is 9.88. The highest BCUT2D eigenvalue weighted by Gasteiger charge is 2.15. The first kappa shape index (κ1) is 16.0. The minimum atomic E-state index is -1.34. The van der Waals surface area contributed by atoms with Crippen molar-refractivity contribution in [1.82, 2.24) is 0 Å². The number of carboxylic acid groups (broad SMARTS) is 1. The average Bonchev–Trinajstić information content (AvgIpc) is 2.46. The predicted octanol–water partition coefficient (Wildman–Crippen LogP) is 0.732. The van der Waals surface area contributed by atoms with Crippen molar-refractivity contribution in [3.63, 3.8) is 0 Å². The van der Waals surface area contributed by atoms with Gasteiger partial charge >= 0.3 is 17.9 Å². The number of benzene rings is 1. The van der Waals surface area contributed by atoms with Crippen molar-refractivity contribution in [3.05, 3.63) is 35.5 Å². The lowest BCUT2D eigenvalue weighted by Gasteiger charge is -2.10. The van der Waals surface area contributed by atoms with Crippen molar-refractivity contribution in [2.75, 3.05) is 19.5 Å². The Bertz CT molecular complexity index is 607. The molecule has 8 heteroatoms. The molecular weight excluding hydrogens is 282 g/mol. The number of phenols is 1. The Morgan fingerprint density at radius 1 is 1.19 bits per heavy atom. The Morgan fingerprint density at radius 2 is 1.86 bits per heavy atom. The van der Waals surface area contributed by atoms with Crippen LogP contribution in [0.15, 0.2) is 30.0 Å². The van der Waals surface area contributed by atoms with Crippen LogP contribution in [0.2, 0.25) is 0 Å². The van der Waals surface area contributed by atoms with Gasteiger partial charge in [0.2, 0.25) is 0 Å². The summed E-state index contributed by atoms with van der Waals surface area (Å²) >= 11 is 0. The van der Waals surface area contributed by atoms with Crippen LogP contribution in [-0.2, 0) is 19.1 Å². The number of nitrogens with one attached hydrogen (secondary N) is 1. The van der Waals surface area contributed by atoms with E-state index in [1.165, 1.54) is 6.07 Å². The highest BCUT2D eigenvalue weighted by molar-refractivity contribution is 5.99. The van der Waals surface area contributed by atoms with E-state index in [0.29, 0.717) is 0 Å². The van der Waals surface area contributed by atoms with E-state index in [1.54, 1.807) is 0 Å². The fraction of sp³-hybridized carbons (Fsp3) is 0.154. The molecule has 0 aliphatic heterocycles. The molecule has 1 aromatic rings. The number of carboxylic acids is 1. The summed E-state index contributed by atoms with van der Waals surface area (Å²) in [5.74, 6) is -3.40. The lowest BCUT2D eigenvalue weighted by atomic mass is 10.1.